The SMILES string of the molecule is CC1(CO)CCc2cc(O)ccc2O1. The maximum absolute atomic E-state index is 9.27. The van der Waals surface area contributed by atoms with Gasteiger partial charge in [-0.25, -0.2) is 0 Å². The summed E-state index contributed by atoms with van der Waals surface area (Å²) in [5.41, 5.74) is 0.542. The molecule has 0 radical (unpaired) electrons. The van der Waals surface area contributed by atoms with Gasteiger partial charge in [-0.15, -0.1) is 0 Å². The van der Waals surface area contributed by atoms with Crippen LogP contribution in [0.15, 0.2) is 18.2 Å². The van der Waals surface area contributed by atoms with E-state index in [1.165, 1.54) is 0 Å². The van der Waals surface area contributed by atoms with Crippen molar-refractivity contribution in [2.24, 2.45) is 0 Å². The second-order valence-corrected chi connectivity index (χ2v) is 4.00. The predicted octanol–water partition coefficient (Wildman–Crippen LogP) is 1.47. The monoisotopic (exact) mass is 194 g/mol. The highest BCUT2D eigenvalue weighted by Crippen LogP contribution is 2.34. The van der Waals surface area contributed by atoms with Crippen LogP contribution in [0.3, 0.4) is 0 Å². The number of hydrogen-bond donors (Lipinski definition) is 2. The van der Waals surface area contributed by atoms with Crippen LogP contribution in [-0.2, 0) is 6.42 Å². The van der Waals surface area contributed by atoms with Gasteiger partial charge >= 0.3 is 0 Å². The summed E-state index contributed by atoms with van der Waals surface area (Å²) < 4.78 is 5.66. The number of benzene rings is 1. The number of phenolic OH excluding ortho intramolecular Hbond substituents is 1. The van der Waals surface area contributed by atoms with Gasteiger partial charge in [0.25, 0.3) is 0 Å². The van der Waals surface area contributed by atoms with Crippen molar-refractivity contribution in [3.63, 3.8) is 0 Å². The van der Waals surface area contributed by atoms with Crippen LogP contribution in [0.2, 0.25) is 0 Å². The molecule has 0 fully saturated rings. The zero-order valence-corrected chi connectivity index (χ0v) is 8.16. The first-order chi connectivity index (χ1) is 6.63. The van der Waals surface area contributed by atoms with Crippen molar-refractivity contribution in [1.82, 2.24) is 0 Å². The van der Waals surface area contributed by atoms with Crippen LogP contribution >= 0.6 is 0 Å². The highest BCUT2D eigenvalue weighted by molar-refractivity contribution is 5.41. The summed E-state index contributed by atoms with van der Waals surface area (Å²) in [5, 5.41) is 18.4. The smallest absolute Gasteiger partial charge is 0.129 e. The first-order valence-corrected chi connectivity index (χ1v) is 4.75. The molecule has 0 saturated heterocycles. The van der Waals surface area contributed by atoms with Gasteiger partial charge in [0.1, 0.15) is 17.1 Å². The van der Waals surface area contributed by atoms with E-state index in [-0.39, 0.29) is 12.4 Å². The molecule has 0 aliphatic carbocycles. The minimum atomic E-state index is -0.468. The van der Waals surface area contributed by atoms with Crippen molar-refractivity contribution in [2.45, 2.75) is 25.4 Å². The molecule has 14 heavy (non-hydrogen) atoms. The van der Waals surface area contributed by atoms with E-state index in [0.717, 1.165) is 24.2 Å². The highest BCUT2D eigenvalue weighted by Gasteiger charge is 2.30. The quantitative estimate of drug-likeness (QED) is 0.711. The lowest BCUT2D eigenvalue weighted by atomic mass is 9.93. The average molecular weight is 194 g/mol. The highest BCUT2D eigenvalue weighted by atomic mass is 16.5. The second kappa shape index (κ2) is 3.17. The Morgan fingerprint density at radius 2 is 2.29 bits per heavy atom. The molecule has 2 N–H and O–H groups in total. The molecule has 1 aromatic rings. The summed E-state index contributed by atoms with van der Waals surface area (Å²) in [4.78, 5) is 0. The van der Waals surface area contributed by atoms with E-state index in [4.69, 9.17) is 9.84 Å². The Labute approximate surface area is 83.0 Å². The molecule has 0 saturated carbocycles. The summed E-state index contributed by atoms with van der Waals surface area (Å²) in [5.74, 6) is 1.03. The van der Waals surface area contributed by atoms with E-state index in [1.807, 2.05) is 6.92 Å². The minimum absolute atomic E-state index is 0.0211. The van der Waals surface area contributed by atoms with E-state index in [0.29, 0.717) is 0 Å². The molecule has 2 rings (SSSR count). The predicted molar refractivity (Wildman–Crippen MR) is 52.5 cm³/mol. The number of aliphatic hydroxyl groups excluding tert-OH is 1. The molecule has 0 amide bonds. The lowest BCUT2D eigenvalue weighted by Gasteiger charge is -2.34. The van der Waals surface area contributed by atoms with Crippen molar-refractivity contribution < 1.29 is 14.9 Å². The topological polar surface area (TPSA) is 49.7 Å². The number of aliphatic hydroxyl groups is 1. The van der Waals surface area contributed by atoms with Crippen molar-refractivity contribution in [3.8, 4) is 11.5 Å². The molecule has 0 aromatic heterocycles. The van der Waals surface area contributed by atoms with Gasteiger partial charge in [0, 0.05) is 0 Å². The minimum Gasteiger partial charge on any atom is -0.508 e. The standard InChI is InChI=1S/C11H14O3/c1-11(7-12)5-4-8-6-9(13)2-3-10(8)14-11/h2-3,6,12-13H,4-5,7H2,1H3. The van der Waals surface area contributed by atoms with Crippen molar-refractivity contribution >= 4 is 0 Å². The zero-order chi connectivity index (χ0) is 10.2. The molecule has 1 unspecified atom stereocenters. The molecular formula is C11H14O3. The molecule has 1 aromatic carbocycles. The number of aromatic hydroxyl groups is 1. The molecule has 0 spiro atoms. The lowest BCUT2D eigenvalue weighted by Crippen LogP contribution is -2.39. The molecule has 3 heteroatoms. The summed E-state index contributed by atoms with van der Waals surface area (Å²) in [6.07, 6.45) is 1.61. The van der Waals surface area contributed by atoms with Crippen molar-refractivity contribution in [1.29, 1.82) is 0 Å². The summed E-state index contributed by atoms with van der Waals surface area (Å²) in [6, 6.07) is 5.06. The lowest BCUT2D eigenvalue weighted by molar-refractivity contribution is 0.00801. The van der Waals surface area contributed by atoms with Gasteiger partial charge in [-0.3, -0.25) is 0 Å². The van der Waals surface area contributed by atoms with Crippen LogP contribution in [0.1, 0.15) is 18.9 Å². The number of aryl methyl sites for hydroxylation is 1. The van der Waals surface area contributed by atoms with Crippen molar-refractivity contribution in [3.05, 3.63) is 23.8 Å². The van der Waals surface area contributed by atoms with E-state index in [9.17, 15) is 5.11 Å². The van der Waals surface area contributed by atoms with E-state index in [1.54, 1.807) is 18.2 Å². The molecule has 1 aliphatic heterocycles. The molecular weight excluding hydrogens is 180 g/mol. The van der Waals surface area contributed by atoms with E-state index in [2.05, 4.69) is 0 Å². The molecule has 1 atom stereocenters. The maximum atomic E-state index is 9.27. The fraction of sp³-hybridized carbons (Fsp3) is 0.455. The van der Waals surface area contributed by atoms with Gasteiger partial charge in [0.05, 0.1) is 6.61 Å². The number of ether oxygens (including phenoxy) is 1. The molecule has 76 valence electrons. The Morgan fingerprint density at radius 1 is 1.50 bits per heavy atom. The van der Waals surface area contributed by atoms with Gasteiger partial charge in [-0.2, -0.15) is 0 Å². The van der Waals surface area contributed by atoms with Crippen LogP contribution in [0.25, 0.3) is 0 Å². The third-order valence-corrected chi connectivity index (χ3v) is 2.66. The summed E-state index contributed by atoms with van der Waals surface area (Å²) >= 11 is 0. The average Bonchev–Trinajstić information content (AvgIpc) is 2.19. The fourth-order valence-corrected chi connectivity index (χ4v) is 1.69. The Kier molecular flexibility index (Phi) is 2.11. The molecule has 1 heterocycles. The molecule has 3 nitrogen and oxygen atoms in total. The zero-order valence-electron chi connectivity index (χ0n) is 8.16. The van der Waals surface area contributed by atoms with Gasteiger partial charge in [0.15, 0.2) is 0 Å². The normalized spacial score (nSPS) is 25.3. The van der Waals surface area contributed by atoms with Crippen LogP contribution < -0.4 is 4.74 Å². The largest absolute Gasteiger partial charge is 0.508 e. The first kappa shape index (κ1) is 9.34. The van der Waals surface area contributed by atoms with Crippen LogP contribution in [-0.4, -0.2) is 22.4 Å². The fourth-order valence-electron chi connectivity index (χ4n) is 1.69. The van der Waals surface area contributed by atoms with Crippen LogP contribution in [0, 0.1) is 0 Å². The Bertz CT molecular complexity index is 348. The summed E-state index contributed by atoms with van der Waals surface area (Å²) in [6.45, 7) is 1.91. The Morgan fingerprint density at radius 3 is 3.00 bits per heavy atom. The Hall–Kier alpha value is -1.22. The third kappa shape index (κ3) is 1.55. The first-order valence-electron chi connectivity index (χ1n) is 4.75. The van der Waals surface area contributed by atoms with Gasteiger partial charge in [-0.1, -0.05) is 0 Å². The second-order valence-electron chi connectivity index (χ2n) is 4.00. The molecule has 1 aliphatic rings. The van der Waals surface area contributed by atoms with E-state index >= 15 is 0 Å². The maximum Gasteiger partial charge on any atom is 0.129 e. The Balaban J connectivity index is 2.31. The van der Waals surface area contributed by atoms with Gasteiger partial charge in [0.2, 0.25) is 0 Å². The summed E-state index contributed by atoms with van der Waals surface area (Å²) in [7, 11) is 0. The number of fused-ring (bicyclic) bond motifs is 1. The number of hydrogen-bond acceptors (Lipinski definition) is 3. The van der Waals surface area contributed by atoms with Gasteiger partial charge in [-0.05, 0) is 43.5 Å². The number of phenols is 1. The number of rotatable bonds is 1. The third-order valence-electron chi connectivity index (χ3n) is 2.66. The van der Waals surface area contributed by atoms with Crippen molar-refractivity contribution in [2.75, 3.05) is 6.61 Å². The molecule has 0 bridgehead atoms. The van der Waals surface area contributed by atoms with Crippen LogP contribution in [0.4, 0.5) is 0 Å². The van der Waals surface area contributed by atoms with Gasteiger partial charge < -0.3 is 14.9 Å². The van der Waals surface area contributed by atoms with E-state index < -0.39 is 5.60 Å². The van der Waals surface area contributed by atoms with Crippen LogP contribution in [0.5, 0.6) is 11.5 Å².